The number of hydrogen-bond acceptors (Lipinski definition) is 3. The molecule has 0 aromatic heterocycles. The van der Waals surface area contributed by atoms with Gasteiger partial charge in [-0.15, -0.1) is 0 Å². The van der Waals surface area contributed by atoms with Crippen molar-refractivity contribution < 1.29 is 10.0 Å². The number of para-hydroxylation sites is 1. The fraction of sp³-hybridized carbons (Fsp3) is 0.368. The molecular formula is C19H23N2O3. The van der Waals surface area contributed by atoms with Crippen LogP contribution in [0.1, 0.15) is 56.2 Å². The van der Waals surface area contributed by atoms with Gasteiger partial charge in [-0.05, 0) is 29.0 Å². The third kappa shape index (κ3) is 3.85. The van der Waals surface area contributed by atoms with Gasteiger partial charge in [0.1, 0.15) is 0 Å². The van der Waals surface area contributed by atoms with E-state index in [1.807, 2.05) is 6.07 Å². The lowest BCUT2D eigenvalue weighted by molar-refractivity contribution is -0.384. The van der Waals surface area contributed by atoms with E-state index in [2.05, 4.69) is 45.1 Å². The van der Waals surface area contributed by atoms with Crippen LogP contribution < -0.4 is 5.32 Å². The Hall–Kier alpha value is -2.56. The Morgan fingerprint density at radius 2 is 1.62 bits per heavy atom. The summed E-state index contributed by atoms with van der Waals surface area (Å²) in [5.74, 6) is 0.479. The summed E-state index contributed by atoms with van der Waals surface area (Å²) < 4.78 is 0. The molecule has 2 aromatic carbocycles. The van der Waals surface area contributed by atoms with E-state index in [-0.39, 0.29) is 18.0 Å². The average molecular weight is 327 g/mol. The van der Waals surface area contributed by atoms with Crippen molar-refractivity contribution in [2.24, 2.45) is 0 Å². The maximum absolute atomic E-state index is 12.0. The molecule has 0 bridgehead atoms. The number of nitrogens with zero attached hydrogens (tertiary/aromatic N) is 1. The van der Waals surface area contributed by atoms with Crippen molar-refractivity contribution in [3.63, 3.8) is 0 Å². The van der Waals surface area contributed by atoms with Crippen molar-refractivity contribution >= 4 is 11.4 Å². The lowest BCUT2D eigenvalue weighted by Gasteiger charge is -2.21. The number of benzene rings is 2. The largest absolute Gasteiger partial charge is 0.380 e. The Morgan fingerprint density at radius 3 is 2.12 bits per heavy atom. The summed E-state index contributed by atoms with van der Waals surface area (Å²) in [6.07, 6.45) is 0. The lowest BCUT2D eigenvalue weighted by atomic mass is 9.92. The zero-order valence-electron chi connectivity index (χ0n) is 14.5. The summed E-state index contributed by atoms with van der Waals surface area (Å²) in [6, 6.07) is 10.0. The molecule has 0 unspecified atom stereocenters. The highest BCUT2D eigenvalue weighted by Gasteiger charge is 2.16. The van der Waals surface area contributed by atoms with Gasteiger partial charge in [0, 0.05) is 29.9 Å². The number of non-ortho nitro benzene ring substituents is 1. The zero-order chi connectivity index (χ0) is 17.9. The highest BCUT2D eigenvalue weighted by molar-refractivity contribution is 5.60. The Labute approximate surface area is 142 Å². The maximum Gasteiger partial charge on any atom is 0.270 e. The monoisotopic (exact) mass is 327 g/mol. The van der Waals surface area contributed by atoms with Crippen molar-refractivity contribution in [1.82, 2.24) is 0 Å². The molecule has 1 N–H and O–H groups in total. The van der Waals surface area contributed by atoms with Gasteiger partial charge in [-0.3, -0.25) is 15.2 Å². The average Bonchev–Trinajstić information content (AvgIpc) is 2.53. The normalized spacial score (nSPS) is 11.1. The number of nitro benzene ring substituents is 1. The third-order valence-corrected chi connectivity index (χ3v) is 4.08. The first-order valence-electron chi connectivity index (χ1n) is 8.12. The molecule has 24 heavy (non-hydrogen) atoms. The minimum atomic E-state index is -0.482. The first kappa shape index (κ1) is 17.8. The first-order valence-corrected chi connectivity index (χ1v) is 8.12. The molecule has 5 heteroatoms. The molecule has 1 radical (unpaired) electrons. The van der Waals surface area contributed by atoms with E-state index >= 15 is 0 Å². The van der Waals surface area contributed by atoms with Crippen LogP contribution in [-0.4, -0.2) is 4.92 Å². The molecule has 0 aliphatic rings. The molecule has 0 aliphatic heterocycles. The molecule has 2 rings (SSSR count). The number of nitro groups is 1. The predicted octanol–water partition coefficient (Wildman–Crippen LogP) is 5.60. The molecular weight excluding hydrogens is 304 g/mol. The molecule has 0 amide bonds. The third-order valence-electron chi connectivity index (χ3n) is 4.08. The van der Waals surface area contributed by atoms with Gasteiger partial charge in [-0.1, -0.05) is 45.9 Å². The van der Waals surface area contributed by atoms with E-state index in [0.717, 1.165) is 5.69 Å². The molecule has 0 saturated heterocycles. The van der Waals surface area contributed by atoms with Gasteiger partial charge in [-0.2, -0.15) is 0 Å². The van der Waals surface area contributed by atoms with Crippen LogP contribution in [0, 0.1) is 10.1 Å². The van der Waals surface area contributed by atoms with Crippen LogP contribution in [-0.2, 0) is 11.7 Å². The van der Waals surface area contributed by atoms with E-state index < -0.39 is 4.92 Å². The Morgan fingerprint density at radius 1 is 1.04 bits per heavy atom. The second-order valence-corrected chi connectivity index (χ2v) is 6.52. The highest BCUT2D eigenvalue weighted by Crippen LogP contribution is 2.33. The predicted molar refractivity (Wildman–Crippen MR) is 95.2 cm³/mol. The quantitative estimate of drug-likeness (QED) is 0.554. The van der Waals surface area contributed by atoms with Crippen molar-refractivity contribution in [1.29, 1.82) is 0 Å². The molecule has 2 aromatic rings. The van der Waals surface area contributed by atoms with Gasteiger partial charge < -0.3 is 5.32 Å². The van der Waals surface area contributed by atoms with Crippen LogP contribution in [0.25, 0.3) is 0 Å². The van der Waals surface area contributed by atoms with E-state index in [0.29, 0.717) is 17.4 Å². The van der Waals surface area contributed by atoms with Crippen molar-refractivity contribution in [2.75, 3.05) is 5.32 Å². The fourth-order valence-corrected chi connectivity index (χ4v) is 2.76. The van der Waals surface area contributed by atoms with Crippen molar-refractivity contribution in [3.8, 4) is 5.75 Å². The minimum Gasteiger partial charge on any atom is -0.380 e. The molecule has 127 valence electrons. The summed E-state index contributed by atoms with van der Waals surface area (Å²) in [5.41, 5.74) is 3.72. The van der Waals surface area contributed by atoms with Gasteiger partial charge in [0.15, 0.2) is 5.75 Å². The summed E-state index contributed by atoms with van der Waals surface area (Å²) in [7, 11) is 0. The number of rotatable bonds is 6. The minimum absolute atomic E-state index is 0.0624. The second kappa shape index (κ2) is 7.34. The lowest BCUT2D eigenvalue weighted by Crippen LogP contribution is -2.08. The van der Waals surface area contributed by atoms with Crippen molar-refractivity contribution in [3.05, 3.63) is 63.2 Å². The molecule has 5 nitrogen and oxygen atoms in total. The van der Waals surface area contributed by atoms with E-state index in [9.17, 15) is 15.2 Å². The Bertz CT molecular complexity index is 713. The van der Waals surface area contributed by atoms with E-state index in [1.165, 1.54) is 29.3 Å². The molecule has 0 spiro atoms. The van der Waals surface area contributed by atoms with Crippen LogP contribution in [0.15, 0.2) is 36.4 Å². The van der Waals surface area contributed by atoms with Gasteiger partial charge in [0.25, 0.3) is 5.69 Å². The molecule has 0 heterocycles. The van der Waals surface area contributed by atoms with Crippen LogP contribution >= 0.6 is 0 Å². The van der Waals surface area contributed by atoms with Gasteiger partial charge in [-0.25, -0.2) is 0 Å². The number of anilines is 1. The van der Waals surface area contributed by atoms with E-state index in [1.54, 1.807) is 0 Å². The van der Waals surface area contributed by atoms with Crippen LogP contribution in [0.4, 0.5) is 11.4 Å². The summed E-state index contributed by atoms with van der Waals surface area (Å²) in [6.45, 7) is 8.76. The summed E-state index contributed by atoms with van der Waals surface area (Å²) >= 11 is 0. The molecule has 0 atom stereocenters. The second-order valence-electron chi connectivity index (χ2n) is 6.52. The Balaban J connectivity index is 2.35. The highest BCUT2D eigenvalue weighted by atomic mass is 16.6. The number of hydrogen-bond donors (Lipinski definition) is 1. The molecule has 0 saturated carbocycles. The summed E-state index contributed by atoms with van der Waals surface area (Å²) in [4.78, 5) is 10.4. The van der Waals surface area contributed by atoms with Gasteiger partial charge >= 0.3 is 0 Å². The first-order chi connectivity index (χ1) is 11.3. The standard InChI is InChI=1S/C19H23N2O3/c1-12(2)16-6-5-7-17(13(3)4)19(16)20-11-14-10-15(21(23)24)8-9-18(14)22/h5-10,12-13,20H,11H2,1-4H3. The summed E-state index contributed by atoms with van der Waals surface area (Å²) in [5, 5.41) is 26.2. The smallest absolute Gasteiger partial charge is 0.270 e. The van der Waals surface area contributed by atoms with Crippen LogP contribution in [0.2, 0.25) is 0 Å². The van der Waals surface area contributed by atoms with Gasteiger partial charge in [0.05, 0.1) is 4.92 Å². The molecule has 0 fully saturated rings. The number of nitrogens with one attached hydrogen (secondary N) is 1. The Kier molecular flexibility index (Phi) is 5.44. The maximum atomic E-state index is 12.0. The van der Waals surface area contributed by atoms with Crippen LogP contribution in [0.5, 0.6) is 5.75 Å². The topological polar surface area (TPSA) is 75.1 Å². The van der Waals surface area contributed by atoms with E-state index in [4.69, 9.17) is 0 Å². The fourth-order valence-electron chi connectivity index (χ4n) is 2.76. The van der Waals surface area contributed by atoms with Crippen molar-refractivity contribution in [2.45, 2.75) is 46.1 Å². The zero-order valence-corrected chi connectivity index (χ0v) is 14.5. The van der Waals surface area contributed by atoms with Gasteiger partial charge in [0.2, 0.25) is 0 Å². The molecule has 0 aliphatic carbocycles. The SMILES string of the molecule is CC(C)c1cccc(C(C)C)c1NCc1cc([N+](=O)[O-])ccc1[O]. The van der Waals surface area contributed by atoms with Crippen LogP contribution in [0.3, 0.4) is 0 Å².